The fraction of sp³-hybridized carbons (Fsp3) is 0.0588. The molecular formula is C34H25N2O3. The van der Waals surface area contributed by atoms with Gasteiger partial charge in [-0.25, -0.2) is 0 Å². The molecule has 0 unspecified atom stereocenters. The minimum absolute atomic E-state index is 0.0224. The number of fused-ring (bicyclic) bond motifs is 3. The summed E-state index contributed by atoms with van der Waals surface area (Å²) in [7, 11) is 1.64. The number of aromatic nitrogens is 1. The van der Waals surface area contributed by atoms with Gasteiger partial charge in [-0.3, -0.25) is 9.59 Å². The van der Waals surface area contributed by atoms with Crippen LogP contribution in [0.1, 0.15) is 31.8 Å². The lowest BCUT2D eigenvalue weighted by Crippen LogP contribution is -2.11. The third kappa shape index (κ3) is 4.44. The second kappa shape index (κ2) is 9.95. The maximum atomic E-state index is 13.1. The summed E-state index contributed by atoms with van der Waals surface area (Å²) in [6.07, 6.45) is 0. The van der Waals surface area contributed by atoms with Crippen LogP contribution < -0.4 is 10.5 Å². The van der Waals surface area contributed by atoms with Gasteiger partial charge in [0, 0.05) is 34.0 Å². The van der Waals surface area contributed by atoms with Crippen molar-refractivity contribution in [2.24, 2.45) is 5.73 Å². The van der Waals surface area contributed by atoms with E-state index in [0.717, 1.165) is 44.2 Å². The van der Waals surface area contributed by atoms with Gasteiger partial charge >= 0.3 is 0 Å². The van der Waals surface area contributed by atoms with Gasteiger partial charge in [0.15, 0.2) is 5.78 Å². The third-order valence-electron chi connectivity index (χ3n) is 7.05. The molecule has 0 aliphatic carbocycles. The van der Waals surface area contributed by atoms with Crippen molar-refractivity contribution >= 4 is 33.5 Å². The van der Waals surface area contributed by atoms with Crippen LogP contribution in [-0.2, 0) is 6.54 Å². The Labute approximate surface area is 226 Å². The number of carbonyl (C=O) groups excluding carboxylic acids is 2. The monoisotopic (exact) mass is 509 g/mol. The van der Waals surface area contributed by atoms with E-state index in [1.54, 1.807) is 13.2 Å². The molecule has 0 saturated heterocycles. The summed E-state index contributed by atoms with van der Waals surface area (Å²) in [6, 6.07) is 37.9. The number of carbonyl (C=O) groups is 2. The van der Waals surface area contributed by atoms with E-state index >= 15 is 0 Å². The number of primary amides is 1. The molecule has 5 nitrogen and oxygen atoms in total. The molecule has 0 spiro atoms. The van der Waals surface area contributed by atoms with Crippen LogP contribution in [0.2, 0.25) is 0 Å². The number of benzene rings is 5. The number of nitrogens with two attached hydrogens (primary N) is 1. The fourth-order valence-electron chi connectivity index (χ4n) is 5.13. The van der Waals surface area contributed by atoms with Gasteiger partial charge in [0.1, 0.15) is 5.75 Å². The van der Waals surface area contributed by atoms with Crippen molar-refractivity contribution in [3.05, 3.63) is 138 Å². The normalized spacial score (nSPS) is 11.1. The Morgan fingerprint density at radius 3 is 2.28 bits per heavy atom. The molecule has 0 atom stereocenters. The first-order chi connectivity index (χ1) is 19.0. The molecule has 39 heavy (non-hydrogen) atoms. The first-order valence-electron chi connectivity index (χ1n) is 12.6. The van der Waals surface area contributed by atoms with Crippen molar-refractivity contribution < 1.29 is 14.3 Å². The van der Waals surface area contributed by atoms with Crippen molar-refractivity contribution in [2.45, 2.75) is 6.54 Å². The van der Waals surface area contributed by atoms with Crippen LogP contribution in [0.15, 0.2) is 109 Å². The average Bonchev–Trinajstić information content (AvgIpc) is 3.30. The number of hydrogen-bond donors (Lipinski definition) is 1. The number of methoxy groups -OCH3 is 1. The van der Waals surface area contributed by atoms with Gasteiger partial charge in [0.25, 0.3) is 0 Å². The molecule has 5 heteroatoms. The lowest BCUT2D eigenvalue weighted by Gasteiger charge is -2.11. The van der Waals surface area contributed by atoms with Crippen LogP contribution in [0.4, 0.5) is 0 Å². The molecule has 0 aliphatic rings. The Kier molecular flexibility index (Phi) is 6.17. The molecule has 6 aromatic rings. The van der Waals surface area contributed by atoms with Gasteiger partial charge in [-0.15, -0.1) is 0 Å². The summed E-state index contributed by atoms with van der Waals surface area (Å²) >= 11 is 0. The molecule has 6 rings (SSSR count). The number of rotatable bonds is 7. The highest BCUT2D eigenvalue weighted by Crippen LogP contribution is 2.35. The molecular weight excluding hydrogens is 484 g/mol. The summed E-state index contributed by atoms with van der Waals surface area (Å²) in [6.45, 7) is 0.498. The second-order valence-electron chi connectivity index (χ2n) is 9.42. The number of ketones is 1. The van der Waals surface area contributed by atoms with Crippen molar-refractivity contribution in [3.63, 3.8) is 0 Å². The zero-order valence-corrected chi connectivity index (χ0v) is 21.3. The van der Waals surface area contributed by atoms with Gasteiger partial charge in [-0.1, -0.05) is 66.7 Å². The van der Waals surface area contributed by atoms with Crippen molar-refractivity contribution in [2.75, 3.05) is 7.11 Å². The Balaban J connectivity index is 1.50. The van der Waals surface area contributed by atoms with E-state index in [9.17, 15) is 9.59 Å². The summed E-state index contributed by atoms with van der Waals surface area (Å²) in [4.78, 5) is 25.5. The first kappa shape index (κ1) is 24.2. The molecule has 0 fully saturated rings. The topological polar surface area (TPSA) is 74.3 Å². The van der Waals surface area contributed by atoms with Crippen LogP contribution in [0.3, 0.4) is 0 Å². The highest BCUT2D eigenvalue weighted by atomic mass is 16.5. The maximum absolute atomic E-state index is 13.1. The molecule has 1 amide bonds. The molecule has 0 bridgehead atoms. The van der Waals surface area contributed by atoms with Crippen molar-refractivity contribution in [1.29, 1.82) is 0 Å². The predicted molar refractivity (Wildman–Crippen MR) is 154 cm³/mol. The quantitative estimate of drug-likeness (QED) is 0.245. The number of hydrogen-bond acceptors (Lipinski definition) is 3. The Hall–Kier alpha value is -5.16. The standard InChI is InChI=1S/C34H25N2O3/c1-39-27-16-13-23(14-17-27)25-15-18-28-31(20-25)36(30-12-6-11-29(32(28)30)34(35)38)21-22-7-5-10-26(19-22)33(37)24-8-3-2-4-9-24/h2-17,19-20H,21H2,1H3,(H2,35,38). The van der Waals surface area contributed by atoms with Crippen molar-refractivity contribution in [3.8, 4) is 16.9 Å². The molecule has 5 aromatic carbocycles. The van der Waals surface area contributed by atoms with Gasteiger partial charge in [-0.2, -0.15) is 0 Å². The average molecular weight is 510 g/mol. The van der Waals surface area contributed by atoms with E-state index in [1.165, 1.54) is 0 Å². The van der Waals surface area contributed by atoms with E-state index in [1.807, 2.05) is 97.1 Å². The SMILES string of the molecule is COc1ccc(-c2c[c]c3c4c(C(N)=O)cccc4n(Cc4cccc(C(=O)c5ccccc5)c4)c3c2)cc1. The maximum Gasteiger partial charge on any atom is 0.249 e. The summed E-state index contributed by atoms with van der Waals surface area (Å²) in [5.74, 6) is 0.280. The van der Waals surface area contributed by atoms with Gasteiger partial charge in [-0.05, 0) is 65.2 Å². The van der Waals surface area contributed by atoms with E-state index < -0.39 is 5.91 Å². The third-order valence-corrected chi connectivity index (χ3v) is 7.05. The van der Waals surface area contributed by atoms with Crippen molar-refractivity contribution in [1.82, 2.24) is 4.57 Å². The molecule has 189 valence electrons. The van der Waals surface area contributed by atoms with Crippen LogP contribution >= 0.6 is 0 Å². The summed E-state index contributed by atoms with van der Waals surface area (Å²) in [5, 5.41) is 1.60. The van der Waals surface area contributed by atoms with E-state index in [0.29, 0.717) is 23.2 Å². The number of nitrogens with zero attached hydrogens (tertiary/aromatic N) is 1. The smallest absolute Gasteiger partial charge is 0.249 e. The van der Waals surface area contributed by atoms with E-state index in [-0.39, 0.29) is 5.78 Å². The Morgan fingerprint density at radius 2 is 1.54 bits per heavy atom. The highest BCUT2D eigenvalue weighted by molar-refractivity contribution is 6.18. The van der Waals surface area contributed by atoms with Crippen LogP contribution in [0.25, 0.3) is 32.9 Å². The molecule has 2 N–H and O–H groups in total. The van der Waals surface area contributed by atoms with Crippen LogP contribution in [-0.4, -0.2) is 23.4 Å². The molecule has 1 radical (unpaired) electrons. The molecule has 0 saturated carbocycles. The summed E-state index contributed by atoms with van der Waals surface area (Å²) in [5.41, 5.74) is 12.3. The van der Waals surface area contributed by atoms with E-state index in [4.69, 9.17) is 10.5 Å². The number of ether oxygens (including phenoxy) is 1. The minimum Gasteiger partial charge on any atom is -0.497 e. The lowest BCUT2D eigenvalue weighted by atomic mass is 10.0. The number of amides is 1. The predicted octanol–water partition coefficient (Wildman–Crippen LogP) is 6.65. The fourth-order valence-corrected chi connectivity index (χ4v) is 5.13. The second-order valence-corrected chi connectivity index (χ2v) is 9.42. The van der Waals surface area contributed by atoms with Crippen LogP contribution in [0, 0.1) is 6.07 Å². The molecule has 1 aromatic heterocycles. The largest absolute Gasteiger partial charge is 0.497 e. The highest BCUT2D eigenvalue weighted by Gasteiger charge is 2.18. The van der Waals surface area contributed by atoms with Crippen LogP contribution in [0.5, 0.6) is 5.75 Å². The zero-order chi connectivity index (χ0) is 26.9. The van der Waals surface area contributed by atoms with E-state index in [2.05, 4.69) is 16.7 Å². The zero-order valence-electron chi connectivity index (χ0n) is 21.3. The minimum atomic E-state index is -0.484. The lowest BCUT2D eigenvalue weighted by molar-refractivity contribution is 0.1000. The van der Waals surface area contributed by atoms with Gasteiger partial charge < -0.3 is 15.0 Å². The molecule has 0 aliphatic heterocycles. The Bertz CT molecular complexity index is 1850. The van der Waals surface area contributed by atoms with Gasteiger partial charge in [0.05, 0.1) is 18.1 Å². The Morgan fingerprint density at radius 1 is 0.795 bits per heavy atom. The summed E-state index contributed by atoms with van der Waals surface area (Å²) < 4.78 is 7.47. The van der Waals surface area contributed by atoms with Gasteiger partial charge in [0.2, 0.25) is 5.91 Å². The molecule has 1 heterocycles. The first-order valence-corrected chi connectivity index (χ1v) is 12.6.